The quantitative estimate of drug-likeness (QED) is 0.774. The van der Waals surface area contributed by atoms with Gasteiger partial charge in [-0.3, -0.25) is 10.3 Å². The molecule has 116 valence electrons. The Morgan fingerprint density at radius 1 is 1.13 bits per heavy atom. The average Bonchev–Trinajstić information content (AvgIpc) is 3.03. The van der Waals surface area contributed by atoms with Crippen molar-refractivity contribution in [1.29, 1.82) is 0 Å². The minimum absolute atomic E-state index is 0.240. The smallest absolute Gasteiger partial charge is 0.321 e. The lowest BCUT2D eigenvalue weighted by Crippen LogP contribution is -2.29. The maximum Gasteiger partial charge on any atom is 0.321 e. The van der Waals surface area contributed by atoms with Crippen LogP contribution in [0, 0.1) is 6.92 Å². The number of nitrogens with zero attached hydrogens (tertiary/aromatic N) is 4. The summed E-state index contributed by atoms with van der Waals surface area (Å²) in [6, 6.07) is 13.0. The molecule has 2 N–H and O–H groups in total. The molecule has 23 heavy (non-hydrogen) atoms. The van der Waals surface area contributed by atoms with Gasteiger partial charge in [0, 0.05) is 6.20 Å². The standard InChI is InChI=1S/C16H16N6O/c1-12-6-5-9-17-14(12)10-18-16(23)20-15-19-11-22(21-15)13-7-3-2-4-8-13/h2-9,11H,10H2,1H3,(H2,18,20,21,23). The second kappa shape index (κ2) is 6.69. The van der Waals surface area contributed by atoms with Crippen LogP contribution in [0.4, 0.5) is 10.7 Å². The second-order valence-corrected chi connectivity index (χ2v) is 4.92. The fourth-order valence-corrected chi connectivity index (χ4v) is 2.04. The third-order valence-corrected chi connectivity index (χ3v) is 3.27. The van der Waals surface area contributed by atoms with E-state index >= 15 is 0 Å². The van der Waals surface area contributed by atoms with Crippen LogP contribution in [0.2, 0.25) is 0 Å². The van der Waals surface area contributed by atoms with Crippen LogP contribution < -0.4 is 10.6 Å². The number of carbonyl (C=O) groups is 1. The van der Waals surface area contributed by atoms with Gasteiger partial charge in [-0.2, -0.15) is 4.98 Å². The summed E-state index contributed by atoms with van der Waals surface area (Å²) in [5.74, 6) is 0.240. The van der Waals surface area contributed by atoms with Crippen LogP contribution in [-0.2, 0) is 6.54 Å². The van der Waals surface area contributed by atoms with E-state index in [4.69, 9.17) is 0 Å². The lowest BCUT2D eigenvalue weighted by molar-refractivity contribution is 0.251. The molecule has 0 spiro atoms. The van der Waals surface area contributed by atoms with Crippen molar-refractivity contribution in [3.05, 3.63) is 66.2 Å². The molecule has 0 aliphatic rings. The largest absolute Gasteiger partial charge is 0.332 e. The number of hydrogen-bond acceptors (Lipinski definition) is 4. The van der Waals surface area contributed by atoms with Crippen LogP contribution in [0.1, 0.15) is 11.3 Å². The molecule has 0 fully saturated rings. The molecular weight excluding hydrogens is 292 g/mol. The van der Waals surface area contributed by atoms with Gasteiger partial charge < -0.3 is 5.32 Å². The first-order valence-electron chi connectivity index (χ1n) is 7.15. The molecule has 0 bridgehead atoms. The Morgan fingerprint density at radius 3 is 2.74 bits per heavy atom. The van der Waals surface area contributed by atoms with E-state index in [2.05, 4.69) is 25.7 Å². The van der Waals surface area contributed by atoms with Crippen molar-refractivity contribution in [3.8, 4) is 5.69 Å². The number of amides is 2. The van der Waals surface area contributed by atoms with Crippen molar-refractivity contribution in [3.63, 3.8) is 0 Å². The van der Waals surface area contributed by atoms with Crippen LogP contribution in [0.25, 0.3) is 5.69 Å². The van der Waals surface area contributed by atoms with E-state index in [9.17, 15) is 4.79 Å². The minimum atomic E-state index is -0.374. The number of anilines is 1. The van der Waals surface area contributed by atoms with Crippen molar-refractivity contribution < 1.29 is 4.79 Å². The molecule has 3 rings (SSSR count). The average molecular weight is 308 g/mol. The normalized spacial score (nSPS) is 10.3. The molecule has 7 heteroatoms. The van der Waals surface area contributed by atoms with Crippen molar-refractivity contribution in [1.82, 2.24) is 25.1 Å². The molecule has 7 nitrogen and oxygen atoms in total. The Hall–Kier alpha value is -3.22. The van der Waals surface area contributed by atoms with Gasteiger partial charge in [0.05, 0.1) is 17.9 Å². The molecule has 2 amide bonds. The van der Waals surface area contributed by atoms with Crippen LogP contribution in [0.15, 0.2) is 55.0 Å². The zero-order chi connectivity index (χ0) is 16.1. The summed E-state index contributed by atoms with van der Waals surface area (Å²) in [5.41, 5.74) is 2.72. The Kier molecular flexibility index (Phi) is 4.28. The van der Waals surface area contributed by atoms with Gasteiger partial charge in [0.25, 0.3) is 5.95 Å². The molecule has 2 heterocycles. The second-order valence-electron chi connectivity index (χ2n) is 4.92. The van der Waals surface area contributed by atoms with Crippen molar-refractivity contribution >= 4 is 12.0 Å². The Bertz CT molecular complexity index is 799. The van der Waals surface area contributed by atoms with Gasteiger partial charge in [-0.1, -0.05) is 24.3 Å². The summed E-state index contributed by atoms with van der Waals surface area (Å²) < 4.78 is 1.60. The number of benzene rings is 1. The number of rotatable bonds is 4. The fourth-order valence-electron chi connectivity index (χ4n) is 2.04. The lowest BCUT2D eigenvalue weighted by Gasteiger charge is -2.06. The maximum atomic E-state index is 11.9. The summed E-state index contributed by atoms with van der Waals surface area (Å²) in [6.07, 6.45) is 3.25. The van der Waals surface area contributed by atoms with E-state index in [1.54, 1.807) is 17.2 Å². The number of aryl methyl sites for hydroxylation is 1. The molecule has 0 saturated carbocycles. The summed E-state index contributed by atoms with van der Waals surface area (Å²) >= 11 is 0. The predicted molar refractivity (Wildman–Crippen MR) is 86.2 cm³/mol. The van der Waals surface area contributed by atoms with Crippen LogP contribution in [-0.4, -0.2) is 25.8 Å². The number of urea groups is 1. The molecular formula is C16H16N6O. The van der Waals surface area contributed by atoms with Gasteiger partial charge in [-0.25, -0.2) is 9.48 Å². The number of hydrogen-bond donors (Lipinski definition) is 2. The van der Waals surface area contributed by atoms with E-state index in [1.165, 1.54) is 0 Å². The van der Waals surface area contributed by atoms with Gasteiger partial charge in [0.1, 0.15) is 6.33 Å². The van der Waals surface area contributed by atoms with E-state index in [1.807, 2.05) is 49.4 Å². The summed E-state index contributed by atoms with van der Waals surface area (Å²) in [6.45, 7) is 2.29. The Labute approximate surface area is 133 Å². The van der Waals surface area contributed by atoms with E-state index in [-0.39, 0.29) is 12.0 Å². The summed E-state index contributed by atoms with van der Waals surface area (Å²) in [4.78, 5) is 20.2. The predicted octanol–water partition coefficient (Wildman–Crippen LogP) is 2.29. The van der Waals surface area contributed by atoms with Crippen LogP contribution in [0.3, 0.4) is 0 Å². The highest BCUT2D eigenvalue weighted by Gasteiger charge is 2.07. The third-order valence-electron chi connectivity index (χ3n) is 3.27. The number of nitrogens with one attached hydrogen (secondary N) is 2. The summed E-state index contributed by atoms with van der Waals surface area (Å²) in [5, 5.41) is 9.55. The number of pyridine rings is 1. The number of para-hydroxylation sites is 1. The first kappa shape index (κ1) is 14.7. The molecule has 0 atom stereocenters. The topological polar surface area (TPSA) is 84.7 Å². The first-order chi connectivity index (χ1) is 11.2. The Morgan fingerprint density at radius 2 is 1.96 bits per heavy atom. The van der Waals surface area contributed by atoms with Crippen molar-refractivity contribution in [2.24, 2.45) is 0 Å². The molecule has 0 aliphatic carbocycles. The monoisotopic (exact) mass is 308 g/mol. The molecule has 1 aromatic carbocycles. The van der Waals surface area contributed by atoms with E-state index in [0.29, 0.717) is 6.54 Å². The molecule has 3 aromatic rings. The van der Waals surface area contributed by atoms with Gasteiger partial charge in [-0.05, 0) is 30.7 Å². The fraction of sp³-hybridized carbons (Fsp3) is 0.125. The van der Waals surface area contributed by atoms with Gasteiger partial charge in [0.2, 0.25) is 0 Å². The molecule has 0 aliphatic heterocycles. The van der Waals surface area contributed by atoms with Gasteiger partial charge in [0.15, 0.2) is 0 Å². The highest BCUT2D eigenvalue weighted by molar-refractivity contribution is 5.87. The van der Waals surface area contributed by atoms with E-state index in [0.717, 1.165) is 16.9 Å². The highest BCUT2D eigenvalue weighted by atomic mass is 16.2. The first-order valence-corrected chi connectivity index (χ1v) is 7.15. The van der Waals surface area contributed by atoms with Gasteiger partial charge >= 0.3 is 6.03 Å². The zero-order valence-electron chi connectivity index (χ0n) is 12.6. The molecule has 0 radical (unpaired) electrons. The zero-order valence-corrected chi connectivity index (χ0v) is 12.6. The SMILES string of the molecule is Cc1cccnc1CNC(=O)Nc1ncn(-c2ccccc2)n1. The van der Waals surface area contributed by atoms with Crippen LogP contribution >= 0.6 is 0 Å². The van der Waals surface area contributed by atoms with Crippen molar-refractivity contribution in [2.45, 2.75) is 13.5 Å². The molecule has 0 unspecified atom stereocenters. The van der Waals surface area contributed by atoms with E-state index < -0.39 is 0 Å². The lowest BCUT2D eigenvalue weighted by atomic mass is 10.2. The Balaban J connectivity index is 1.58. The highest BCUT2D eigenvalue weighted by Crippen LogP contribution is 2.07. The molecule has 0 saturated heterocycles. The minimum Gasteiger partial charge on any atom is -0.332 e. The third kappa shape index (κ3) is 3.70. The number of carbonyl (C=O) groups excluding carboxylic acids is 1. The summed E-state index contributed by atoms with van der Waals surface area (Å²) in [7, 11) is 0. The molecule has 2 aromatic heterocycles. The van der Waals surface area contributed by atoms with Crippen molar-refractivity contribution in [2.75, 3.05) is 5.32 Å². The maximum absolute atomic E-state index is 11.9. The number of aromatic nitrogens is 4. The van der Waals surface area contributed by atoms with Crippen LogP contribution in [0.5, 0.6) is 0 Å². The van der Waals surface area contributed by atoms with Gasteiger partial charge in [-0.15, -0.1) is 5.10 Å².